The van der Waals surface area contributed by atoms with Gasteiger partial charge < -0.3 is 0 Å². The summed E-state index contributed by atoms with van der Waals surface area (Å²) in [4.78, 5) is -0.0807. The second-order valence-corrected chi connectivity index (χ2v) is 9.18. The molecule has 1 N–H and O–H groups in total. The van der Waals surface area contributed by atoms with Gasteiger partial charge in [-0.15, -0.1) is 0 Å². The first kappa shape index (κ1) is 19.5. The summed E-state index contributed by atoms with van der Waals surface area (Å²) in [6, 6.07) is 13.4. The fraction of sp³-hybridized carbons (Fsp3) is 0.250. The number of nitrogens with zero attached hydrogens (tertiary/aromatic N) is 1. The Morgan fingerprint density at radius 1 is 0.960 bits per heavy atom. The number of hydrogen-bond acceptors (Lipinski definition) is 4. The fourth-order valence-electron chi connectivity index (χ4n) is 2.15. The highest BCUT2D eigenvalue weighted by Gasteiger charge is 2.19. The average Bonchev–Trinajstić information content (AvgIpc) is 2.54. The Labute approximate surface area is 147 Å². The van der Waals surface area contributed by atoms with Crippen molar-refractivity contribution in [3.63, 3.8) is 0 Å². The third kappa shape index (κ3) is 5.89. The number of hydrogen-bond donors (Lipinski definition) is 1. The second kappa shape index (κ2) is 8.05. The van der Waals surface area contributed by atoms with Crippen LogP contribution in [0.4, 0.5) is 4.39 Å². The van der Waals surface area contributed by atoms with E-state index in [-0.39, 0.29) is 24.5 Å². The summed E-state index contributed by atoms with van der Waals surface area (Å²) in [6.45, 7) is 0.0334. The van der Waals surface area contributed by atoms with Crippen LogP contribution in [0.3, 0.4) is 0 Å². The molecule has 2 aromatic rings. The van der Waals surface area contributed by atoms with E-state index in [9.17, 15) is 21.2 Å². The first-order chi connectivity index (χ1) is 11.7. The van der Waals surface area contributed by atoms with Gasteiger partial charge in [0.25, 0.3) is 0 Å². The zero-order valence-electron chi connectivity index (χ0n) is 13.6. The quantitative estimate of drug-likeness (QED) is 0.746. The normalized spacial score (nSPS) is 12.4. The molecule has 0 atom stereocenters. The van der Waals surface area contributed by atoms with Gasteiger partial charge >= 0.3 is 0 Å². The Hall–Kier alpha value is -1.81. The lowest BCUT2D eigenvalue weighted by molar-refractivity contribution is 0.412. The van der Waals surface area contributed by atoms with Crippen LogP contribution in [0, 0.1) is 5.82 Å². The van der Waals surface area contributed by atoms with Crippen LogP contribution in [0.25, 0.3) is 0 Å². The Kier molecular flexibility index (Phi) is 6.28. The minimum atomic E-state index is -3.83. The molecule has 0 saturated carbocycles. The molecular formula is C16H19FN2O4S2. The van der Waals surface area contributed by atoms with E-state index in [1.165, 1.54) is 4.31 Å². The van der Waals surface area contributed by atoms with Crippen molar-refractivity contribution < 1.29 is 21.2 Å². The van der Waals surface area contributed by atoms with Gasteiger partial charge in [-0.25, -0.2) is 25.9 Å². The molecule has 2 aromatic carbocycles. The van der Waals surface area contributed by atoms with Crippen molar-refractivity contribution >= 4 is 20.0 Å². The van der Waals surface area contributed by atoms with Crippen LogP contribution >= 0.6 is 0 Å². The molecule has 9 heteroatoms. The number of nitrogens with one attached hydrogen (secondary N) is 1. The highest BCUT2D eigenvalue weighted by Crippen LogP contribution is 2.10. The third-order valence-corrected chi connectivity index (χ3v) is 6.17. The first-order valence-corrected chi connectivity index (χ1v) is 10.8. The van der Waals surface area contributed by atoms with Gasteiger partial charge in [-0.1, -0.05) is 30.3 Å². The molecule has 0 aliphatic rings. The predicted molar refractivity (Wildman–Crippen MR) is 93.3 cm³/mol. The summed E-state index contributed by atoms with van der Waals surface area (Å²) >= 11 is 0. The molecule has 25 heavy (non-hydrogen) atoms. The molecule has 0 radical (unpaired) electrons. The topological polar surface area (TPSA) is 83.6 Å². The van der Waals surface area contributed by atoms with Crippen LogP contribution in [-0.4, -0.2) is 40.5 Å². The van der Waals surface area contributed by atoms with Crippen LogP contribution < -0.4 is 4.72 Å². The maximum Gasteiger partial charge on any atom is 0.240 e. The summed E-state index contributed by atoms with van der Waals surface area (Å²) < 4.78 is 64.5. The lowest BCUT2D eigenvalue weighted by atomic mass is 10.2. The van der Waals surface area contributed by atoms with E-state index in [4.69, 9.17) is 0 Å². The van der Waals surface area contributed by atoms with Crippen LogP contribution in [-0.2, 0) is 26.6 Å². The molecule has 0 unspecified atom stereocenters. The molecule has 0 amide bonds. The molecule has 6 nitrogen and oxygen atoms in total. The molecule has 136 valence electrons. The Bertz CT molecular complexity index is 899. The highest BCUT2D eigenvalue weighted by molar-refractivity contribution is 7.89. The second-order valence-electron chi connectivity index (χ2n) is 5.43. The summed E-state index contributed by atoms with van der Waals surface area (Å²) in [6.07, 6.45) is 1.07. The zero-order chi connectivity index (χ0) is 18.5. The van der Waals surface area contributed by atoms with E-state index in [1.807, 2.05) is 6.07 Å². The Balaban J connectivity index is 2.02. The number of halogens is 1. The van der Waals surface area contributed by atoms with E-state index in [0.29, 0.717) is 0 Å². The zero-order valence-corrected chi connectivity index (χ0v) is 15.2. The van der Waals surface area contributed by atoms with Crippen molar-refractivity contribution in [1.82, 2.24) is 9.03 Å². The molecule has 2 rings (SSSR count). The maximum absolute atomic E-state index is 12.9. The molecule has 0 spiro atoms. The highest BCUT2D eigenvalue weighted by atomic mass is 32.2. The number of rotatable bonds is 8. The summed E-state index contributed by atoms with van der Waals surface area (Å²) in [5.74, 6) is -0.537. The largest absolute Gasteiger partial charge is 0.240 e. The fourth-order valence-corrected chi connectivity index (χ4v) is 3.98. The summed E-state index contributed by atoms with van der Waals surface area (Å²) in [5, 5.41) is 0. The van der Waals surface area contributed by atoms with Crippen molar-refractivity contribution in [1.29, 1.82) is 0 Å². The van der Waals surface area contributed by atoms with E-state index >= 15 is 0 Å². The van der Waals surface area contributed by atoms with Gasteiger partial charge in [0.15, 0.2) is 0 Å². The monoisotopic (exact) mass is 386 g/mol. The van der Waals surface area contributed by atoms with Gasteiger partial charge in [-0.3, -0.25) is 0 Å². The van der Waals surface area contributed by atoms with Gasteiger partial charge in [-0.2, -0.15) is 4.31 Å². The molecule has 0 bridgehead atoms. The minimum Gasteiger partial charge on any atom is -0.212 e. The van der Waals surface area contributed by atoms with Gasteiger partial charge in [0, 0.05) is 19.6 Å². The van der Waals surface area contributed by atoms with E-state index < -0.39 is 25.9 Å². The number of sulfonamides is 2. The Morgan fingerprint density at radius 3 is 2.12 bits per heavy atom. The molecular weight excluding hydrogens is 367 g/mol. The van der Waals surface area contributed by atoms with Crippen LogP contribution in [0.15, 0.2) is 59.5 Å². The molecule has 0 aliphatic heterocycles. The van der Waals surface area contributed by atoms with Crippen molar-refractivity contribution in [2.24, 2.45) is 0 Å². The third-order valence-electron chi connectivity index (χ3n) is 3.45. The molecule has 0 fully saturated rings. The maximum atomic E-state index is 12.9. The summed E-state index contributed by atoms with van der Waals surface area (Å²) in [5.41, 5.74) is 0.800. The molecule has 0 aliphatic carbocycles. The van der Waals surface area contributed by atoms with Crippen LogP contribution in [0.5, 0.6) is 0 Å². The minimum absolute atomic E-state index is 0.0197. The predicted octanol–water partition coefficient (Wildman–Crippen LogP) is 1.57. The van der Waals surface area contributed by atoms with Crippen molar-refractivity contribution in [2.45, 2.75) is 11.4 Å². The molecule has 0 heterocycles. The Morgan fingerprint density at radius 2 is 1.56 bits per heavy atom. The van der Waals surface area contributed by atoms with E-state index in [0.717, 1.165) is 36.1 Å². The van der Waals surface area contributed by atoms with Gasteiger partial charge in [0.1, 0.15) is 5.82 Å². The number of benzene rings is 2. The SMILES string of the molecule is CS(=O)(=O)N(CCNS(=O)(=O)c1ccc(F)cc1)Cc1ccccc1. The van der Waals surface area contributed by atoms with Crippen molar-refractivity contribution in [3.8, 4) is 0 Å². The summed E-state index contributed by atoms with van der Waals surface area (Å²) in [7, 11) is -7.33. The van der Waals surface area contributed by atoms with Gasteiger partial charge in [0.05, 0.1) is 11.2 Å². The van der Waals surface area contributed by atoms with Gasteiger partial charge in [-0.05, 0) is 29.8 Å². The lowest BCUT2D eigenvalue weighted by Crippen LogP contribution is -2.37. The average molecular weight is 386 g/mol. The standard InChI is InChI=1S/C16H19FN2O4S2/c1-24(20,21)19(13-14-5-3-2-4-6-14)12-11-18-25(22,23)16-9-7-15(17)8-10-16/h2-10,18H,11-13H2,1H3. The van der Waals surface area contributed by atoms with Crippen molar-refractivity contribution in [2.75, 3.05) is 19.3 Å². The molecule has 0 saturated heterocycles. The smallest absolute Gasteiger partial charge is 0.212 e. The van der Waals surface area contributed by atoms with Gasteiger partial charge in [0.2, 0.25) is 20.0 Å². The van der Waals surface area contributed by atoms with E-state index in [1.54, 1.807) is 24.3 Å². The van der Waals surface area contributed by atoms with Crippen LogP contribution in [0.2, 0.25) is 0 Å². The molecule has 0 aromatic heterocycles. The lowest BCUT2D eigenvalue weighted by Gasteiger charge is -2.20. The van der Waals surface area contributed by atoms with Crippen molar-refractivity contribution in [3.05, 3.63) is 66.0 Å². The van der Waals surface area contributed by atoms with Crippen LogP contribution in [0.1, 0.15) is 5.56 Å². The first-order valence-electron chi connectivity index (χ1n) is 7.43. The van der Waals surface area contributed by atoms with E-state index in [2.05, 4.69) is 4.72 Å².